The first-order chi connectivity index (χ1) is 10.1. The number of benzene rings is 1. The van der Waals surface area contributed by atoms with Gasteiger partial charge < -0.3 is 5.32 Å². The van der Waals surface area contributed by atoms with Crippen LogP contribution in [0.3, 0.4) is 0 Å². The highest BCUT2D eigenvalue weighted by molar-refractivity contribution is 5.34. The second-order valence-electron chi connectivity index (χ2n) is 5.89. The maximum absolute atomic E-state index is 13.2. The Hall–Kier alpha value is -1.68. The van der Waals surface area contributed by atoms with Crippen LogP contribution in [0.2, 0.25) is 0 Å². The summed E-state index contributed by atoms with van der Waals surface area (Å²) in [6, 6.07) is 7.65. The zero-order valence-electron chi connectivity index (χ0n) is 12.7. The molecule has 1 aliphatic carbocycles. The number of aromatic nitrogens is 2. The van der Waals surface area contributed by atoms with Crippen molar-refractivity contribution in [1.82, 2.24) is 15.1 Å². The minimum absolute atomic E-state index is 0.126. The third-order valence-electron chi connectivity index (χ3n) is 4.22. The molecule has 112 valence electrons. The lowest BCUT2D eigenvalue weighted by Gasteiger charge is -2.14. The van der Waals surface area contributed by atoms with Crippen molar-refractivity contribution < 1.29 is 4.39 Å². The zero-order chi connectivity index (χ0) is 14.8. The highest BCUT2D eigenvalue weighted by Crippen LogP contribution is 2.31. The lowest BCUT2D eigenvalue weighted by atomic mass is 10.1. The molecule has 3 rings (SSSR count). The zero-order valence-corrected chi connectivity index (χ0v) is 12.7. The Balaban J connectivity index is 1.50. The van der Waals surface area contributed by atoms with Crippen molar-refractivity contribution in [2.75, 3.05) is 6.54 Å². The SMILES string of the molecule is Cc1cc(C)n(CCCNC2CCc3cc(F)ccc32)n1. The Labute approximate surface area is 125 Å². The number of nitrogens with one attached hydrogen (secondary N) is 1. The quantitative estimate of drug-likeness (QED) is 0.855. The minimum Gasteiger partial charge on any atom is -0.310 e. The Kier molecular flexibility index (Phi) is 4.06. The topological polar surface area (TPSA) is 29.9 Å². The van der Waals surface area contributed by atoms with Crippen molar-refractivity contribution in [3.63, 3.8) is 0 Å². The summed E-state index contributed by atoms with van der Waals surface area (Å²) in [5.74, 6) is -0.126. The molecule has 1 aromatic heterocycles. The fourth-order valence-electron chi connectivity index (χ4n) is 3.20. The first-order valence-corrected chi connectivity index (χ1v) is 7.66. The Morgan fingerprint density at radius 1 is 1.33 bits per heavy atom. The third-order valence-corrected chi connectivity index (χ3v) is 4.22. The molecule has 1 aromatic carbocycles. The van der Waals surface area contributed by atoms with E-state index in [1.165, 1.54) is 11.3 Å². The predicted octanol–water partition coefficient (Wildman–Crippen LogP) is 3.31. The van der Waals surface area contributed by atoms with E-state index in [0.717, 1.165) is 43.6 Å². The summed E-state index contributed by atoms with van der Waals surface area (Å²) in [7, 11) is 0. The van der Waals surface area contributed by atoms with Gasteiger partial charge in [0, 0.05) is 18.3 Å². The van der Waals surface area contributed by atoms with Gasteiger partial charge in [0.15, 0.2) is 0 Å². The molecule has 1 unspecified atom stereocenters. The van der Waals surface area contributed by atoms with Gasteiger partial charge in [-0.05, 0) is 69.0 Å². The molecule has 2 aromatic rings. The van der Waals surface area contributed by atoms with E-state index in [9.17, 15) is 4.39 Å². The number of fused-ring (bicyclic) bond motifs is 1. The van der Waals surface area contributed by atoms with E-state index < -0.39 is 0 Å². The smallest absolute Gasteiger partial charge is 0.123 e. The van der Waals surface area contributed by atoms with Crippen LogP contribution < -0.4 is 5.32 Å². The Morgan fingerprint density at radius 3 is 2.95 bits per heavy atom. The molecule has 0 saturated heterocycles. The highest BCUT2D eigenvalue weighted by Gasteiger charge is 2.21. The fraction of sp³-hybridized carbons (Fsp3) is 0.471. The molecule has 1 aliphatic rings. The van der Waals surface area contributed by atoms with Gasteiger partial charge in [0.1, 0.15) is 5.82 Å². The number of rotatable bonds is 5. The van der Waals surface area contributed by atoms with Gasteiger partial charge in [-0.2, -0.15) is 5.10 Å². The summed E-state index contributed by atoms with van der Waals surface area (Å²) in [6.45, 7) is 6.01. The van der Waals surface area contributed by atoms with Gasteiger partial charge in [-0.15, -0.1) is 0 Å². The van der Waals surface area contributed by atoms with Crippen LogP contribution in [-0.2, 0) is 13.0 Å². The lowest BCUT2D eigenvalue weighted by molar-refractivity contribution is 0.481. The maximum atomic E-state index is 13.2. The molecule has 3 nitrogen and oxygen atoms in total. The van der Waals surface area contributed by atoms with Crippen LogP contribution in [0.15, 0.2) is 24.3 Å². The number of halogens is 1. The molecule has 1 heterocycles. The predicted molar refractivity (Wildman–Crippen MR) is 81.8 cm³/mol. The van der Waals surface area contributed by atoms with Crippen LogP contribution in [0.25, 0.3) is 0 Å². The molecule has 4 heteroatoms. The molecule has 0 aliphatic heterocycles. The fourth-order valence-corrected chi connectivity index (χ4v) is 3.20. The summed E-state index contributed by atoms with van der Waals surface area (Å²) in [5, 5.41) is 8.06. The van der Waals surface area contributed by atoms with Gasteiger partial charge in [0.05, 0.1) is 5.69 Å². The van der Waals surface area contributed by atoms with Gasteiger partial charge in [-0.25, -0.2) is 4.39 Å². The van der Waals surface area contributed by atoms with E-state index in [1.54, 1.807) is 12.1 Å². The average molecular weight is 287 g/mol. The van der Waals surface area contributed by atoms with Crippen LogP contribution in [-0.4, -0.2) is 16.3 Å². The maximum Gasteiger partial charge on any atom is 0.123 e. The van der Waals surface area contributed by atoms with Crippen molar-refractivity contribution in [1.29, 1.82) is 0 Å². The van der Waals surface area contributed by atoms with E-state index in [-0.39, 0.29) is 5.82 Å². The molecule has 0 radical (unpaired) electrons. The molecule has 0 amide bonds. The molecule has 1 N–H and O–H groups in total. The summed E-state index contributed by atoms with van der Waals surface area (Å²) < 4.78 is 15.3. The number of hydrogen-bond donors (Lipinski definition) is 1. The van der Waals surface area contributed by atoms with Crippen molar-refractivity contribution >= 4 is 0 Å². The largest absolute Gasteiger partial charge is 0.310 e. The summed E-state index contributed by atoms with van der Waals surface area (Å²) in [6.07, 6.45) is 3.09. The Bertz CT molecular complexity index is 633. The van der Waals surface area contributed by atoms with Crippen LogP contribution >= 0.6 is 0 Å². The van der Waals surface area contributed by atoms with Gasteiger partial charge in [-0.3, -0.25) is 4.68 Å². The molecule has 0 saturated carbocycles. The van der Waals surface area contributed by atoms with Crippen molar-refractivity contribution in [3.8, 4) is 0 Å². The van der Waals surface area contributed by atoms with Crippen molar-refractivity contribution in [3.05, 3.63) is 52.6 Å². The minimum atomic E-state index is -0.126. The monoisotopic (exact) mass is 287 g/mol. The number of nitrogens with zero attached hydrogens (tertiary/aromatic N) is 2. The van der Waals surface area contributed by atoms with Crippen molar-refractivity contribution in [2.24, 2.45) is 0 Å². The van der Waals surface area contributed by atoms with E-state index in [0.29, 0.717) is 6.04 Å². The summed E-state index contributed by atoms with van der Waals surface area (Å²) in [5.41, 5.74) is 4.72. The normalized spacial score (nSPS) is 17.2. The van der Waals surface area contributed by atoms with Gasteiger partial charge in [0.2, 0.25) is 0 Å². The number of aryl methyl sites for hydroxylation is 4. The van der Waals surface area contributed by atoms with Crippen LogP contribution in [0.5, 0.6) is 0 Å². The van der Waals surface area contributed by atoms with E-state index >= 15 is 0 Å². The van der Waals surface area contributed by atoms with Gasteiger partial charge in [-0.1, -0.05) is 6.07 Å². The van der Waals surface area contributed by atoms with Crippen LogP contribution in [0, 0.1) is 19.7 Å². The average Bonchev–Trinajstić information content (AvgIpc) is 2.98. The van der Waals surface area contributed by atoms with E-state index in [4.69, 9.17) is 0 Å². The molecular weight excluding hydrogens is 265 g/mol. The van der Waals surface area contributed by atoms with E-state index in [1.807, 2.05) is 13.0 Å². The summed E-state index contributed by atoms with van der Waals surface area (Å²) >= 11 is 0. The standard InChI is InChI=1S/C17H22FN3/c1-12-10-13(2)21(20-12)9-3-8-19-17-7-4-14-11-15(18)5-6-16(14)17/h5-6,10-11,17,19H,3-4,7-9H2,1-2H3. The second-order valence-corrected chi connectivity index (χ2v) is 5.89. The molecule has 0 fully saturated rings. The lowest BCUT2D eigenvalue weighted by Crippen LogP contribution is -2.21. The molecule has 21 heavy (non-hydrogen) atoms. The molecule has 1 atom stereocenters. The van der Waals surface area contributed by atoms with Gasteiger partial charge in [0.25, 0.3) is 0 Å². The molecular formula is C17H22FN3. The van der Waals surface area contributed by atoms with Crippen molar-refractivity contribution in [2.45, 2.75) is 45.7 Å². The highest BCUT2D eigenvalue weighted by atomic mass is 19.1. The Morgan fingerprint density at radius 2 is 2.19 bits per heavy atom. The van der Waals surface area contributed by atoms with Crippen LogP contribution in [0.1, 0.15) is 41.4 Å². The van der Waals surface area contributed by atoms with Gasteiger partial charge >= 0.3 is 0 Å². The summed E-state index contributed by atoms with van der Waals surface area (Å²) in [4.78, 5) is 0. The first kappa shape index (κ1) is 14.3. The van der Waals surface area contributed by atoms with Crippen LogP contribution in [0.4, 0.5) is 4.39 Å². The van der Waals surface area contributed by atoms with E-state index in [2.05, 4.69) is 28.1 Å². The first-order valence-electron chi connectivity index (χ1n) is 7.66. The number of hydrogen-bond acceptors (Lipinski definition) is 2. The third kappa shape index (κ3) is 3.16. The molecule has 0 bridgehead atoms. The molecule has 0 spiro atoms. The second kappa shape index (κ2) is 5.98.